The van der Waals surface area contributed by atoms with Gasteiger partial charge in [-0.05, 0) is 12.5 Å². The van der Waals surface area contributed by atoms with Crippen LogP contribution < -0.4 is 15.8 Å². The molecule has 1 heterocycles. The number of amides is 1. The molecule has 0 bridgehead atoms. The highest BCUT2D eigenvalue weighted by molar-refractivity contribution is 5.85. The summed E-state index contributed by atoms with van der Waals surface area (Å²) in [5, 5.41) is 2.91. The molecule has 5 nitrogen and oxygen atoms in total. The first-order chi connectivity index (χ1) is 9.19. The van der Waals surface area contributed by atoms with Crippen LogP contribution in [-0.4, -0.2) is 43.6 Å². The van der Waals surface area contributed by atoms with Gasteiger partial charge in [0.25, 0.3) is 0 Å². The molecule has 3 N–H and O–H groups in total. The summed E-state index contributed by atoms with van der Waals surface area (Å²) in [5.41, 5.74) is 6.80. The molecule has 1 aromatic carbocycles. The Bertz CT molecular complexity index is 442. The first kappa shape index (κ1) is 16.8. The summed E-state index contributed by atoms with van der Waals surface area (Å²) in [6.45, 7) is 2.62. The molecular weight excluding hydrogens is 278 g/mol. The number of carbonyl (C=O) groups is 1. The smallest absolute Gasteiger partial charge is 0.234 e. The van der Waals surface area contributed by atoms with Gasteiger partial charge in [0.15, 0.2) is 0 Å². The van der Waals surface area contributed by atoms with Gasteiger partial charge in [-0.3, -0.25) is 9.69 Å². The Morgan fingerprint density at radius 1 is 1.50 bits per heavy atom. The lowest BCUT2D eigenvalue weighted by molar-refractivity contribution is -0.122. The maximum Gasteiger partial charge on any atom is 0.234 e. The van der Waals surface area contributed by atoms with Gasteiger partial charge in [-0.15, -0.1) is 12.4 Å². The first-order valence-corrected chi connectivity index (χ1v) is 6.55. The van der Waals surface area contributed by atoms with Crippen LogP contribution in [0.2, 0.25) is 0 Å². The van der Waals surface area contributed by atoms with Crippen LogP contribution >= 0.6 is 12.4 Å². The summed E-state index contributed by atoms with van der Waals surface area (Å²) in [7, 11) is 1.63. The van der Waals surface area contributed by atoms with E-state index in [1.807, 2.05) is 24.3 Å². The number of nitrogens with two attached hydrogens (primary N) is 1. The molecule has 0 radical (unpaired) electrons. The normalized spacial score (nSPS) is 18.4. The van der Waals surface area contributed by atoms with Crippen molar-refractivity contribution in [3.63, 3.8) is 0 Å². The van der Waals surface area contributed by atoms with Crippen molar-refractivity contribution in [2.24, 2.45) is 5.73 Å². The lowest BCUT2D eigenvalue weighted by Crippen LogP contribution is -2.37. The van der Waals surface area contributed by atoms with Crippen LogP contribution in [0.1, 0.15) is 12.0 Å². The molecule has 1 atom stereocenters. The van der Waals surface area contributed by atoms with Gasteiger partial charge >= 0.3 is 0 Å². The first-order valence-electron chi connectivity index (χ1n) is 6.55. The van der Waals surface area contributed by atoms with Crippen molar-refractivity contribution in [2.45, 2.75) is 19.0 Å². The molecule has 6 heteroatoms. The van der Waals surface area contributed by atoms with Crippen molar-refractivity contribution < 1.29 is 9.53 Å². The van der Waals surface area contributed by atoms with E-state index >= 15 is 0 Å². The molecule has 0 aromatic heterocycles. The molecule has 0 aliphatic carbocycles. The zero-order valence-corrected chi connectivity index (χ0v) is 12.5. The minimum absolute atomic E-state index is 0. The molecule has 1 amide bonds. The molecule has 20 heavy (non-hydrogen) atoms. The van der Waals surface area contributed by atoms with E-state index in [0.29, 0.717) is 13.1 Å². The van der Waals surface area contributed by atoms with Crippen LogP contribution in [0.4, 0.5) is 0 Å². The van der Waals surface area contributed by atoms with Gasteiger partial charge in [0.2, 0.25) is 5.91 Å². The highest BCUT2D eigenvalue weighted by Crippen LogP contribution is 2.16. The molecule has 1 aliphatic rings. The van der Waals surface area contributed by atoms with Gasteiger partial charge < -0.3 is 15.8 Å². The lowest BCUT2D eigenvalue weighted by atomic mass is 10.2. The molecular formula is C14H22ClN3O2. The maximum absolute atomic E-state index is 11.8. The SMILES string of the molecule is COc1ccccc1CNC(=O)CN1CC[C@@H](N)C1.Cl. The third-order valence-electron chi connectivity index (χ3n) is 3.34. The van der Waals surface area contributed by atoms with Crippen molar-refractivity contribution in [3.8, 4) is 5.75 Å². The monoisotopic (exact) mass is 299 g/mol. The standard InChI is InChI=1S/C14H21N3O2.ClH/c1-19-13-5-3-2-4-11(13)8-16-14(18)10-17-7-6-12(15)9-17;/h2-5,12H,6-10,15H2,1H3,(H,16,18);1H/t12-;/m1./s1. The number of nitrogens with one attached hydrogen (secondary N) is 1. The summed E-state index contributed by atoms with van der Waals surface area (Å²) in [6.07, 6.45) is 0.972. The second-order valence-electron chi connectivity index (χ2n) is 4.87. The average Bonchev–Trinajstić information content (AvgIpc) is 2.82. The molecule has 112 valence electrons. The summed E-state index contributed by atoms with van der Waals surface area (Å²) >= 11 is 0. The van der Waals surface area contributed by atoms with Gasteiger partial charge in [0.05, 0.1) is 13.7 Å². The van der Waals surface area contributed by atoms with Gasteiger partial charge in [-0.2, -0.15) is 0 Å². The van der Waals surface area contributed by atoms with E-state index in [1.54, 1.807) is 7.11 Å². The summed E-state index contributed by atoms with van der Waals surface area (Å²) in [4.78, 5) is 13.9. The number of carbonyl (C=O) groups excluding carboxylic acids is 1. The Hall–Kier alpha value is -1.30. The molecule has 0 spiro atoms. The van der Waals surface area contributed by atoms with Crippen LogP contribution in [0.25, 0.3) is 0 Å². The zero-order valence-electron chi connectivity index (χ0n) is 11.7. The van der Waals surface area contributed by atoms with Gasteiger partial charge in [-0.25, -0.2) is 0 Å². The van der Waals surface area contributed by atoms with Crippen molar-refractivity contribution in [3.05, 3.63) is 29.8 Å². The number of methoxy groups -OCH3 is 1. The third-order valence-corrected chi connectivity index (χ3v) is 3.34. The van der Waals surface area contributed by atoms with Gasteiger partial charge in [0.1, 0.15) is 5.75 Å². The molecule has 2 rings (SSSR count). The maximum atomic E-state index is 11.8. The Morgan fingerprint density at radius 2 is 2.25 bits per heavy atom. The van der Waals surface area contributed by atoms with Gasteiger partial charge in [0, 0.05) is 31.2 Å². The van der Waals surface area contributed by atoms with Crippen LogP contribution in [0, 0.1) is 0 Å². The molecule has 1 fully saturated rings. The predicted octanol–water partition coefficient (Wildman–Crippen LogP) is 0.766. The molecule has 1 aliphatic heterocycles. The molecule has 0 unspecified atom stereocenters. The van der Waals surface area contributed by atoms with E-state index in [4.69, 9.17) is 10.5 Å². The molecule has 1 saturated heterocycles. The van der Waals surface area contributed by atoms with Crippen LogP contribution in [0.15, 0.2) is 24.3 Å². The average molecular weight is 300 g/mol. The van der Waals surface area contributed by atoms with Crippen LogP contribution in [0.3, 0.4) is 0 Å². The highest BCUT2D eigenvalue weighted by atomic mass is 35.5. The van der Waals surface area contributed by atoms with Crippen molar-refractivity contribution >= 4 is 18.3 Å². The molecule has 1 aromatic rings. The Kier molecular flexibility index (Phi) is 6.78. The van der Waals surface area contributed by atoms with E-state index in [9.17, 15) is 4.79 Å². The fourth-order valence-corrected chi connectivity index (χ4v) is 2.31. The fourth-order valence-electron chi connectivity index (χ4n) is 2.31. The Balaban J connectivity index is 0.00000200. The number of ether oxygens (including phenoxy) is 1. The van der Waals surface area contributed by atoms with E-state index in [0.717, 1.165) is 30.8 Å². The summed E-state index contributed by atoms with van der Waals surface area (Å²) < 4.78 is 5.25. The number of para-hydroxylation sites is 1. The van der Waals surface area contributed by atoms with E-state index in [1.165, 1.54) is 0 Å². The summed E-state index contributed by atoms with van der Waals surface area (Å²) in [5.74, 6) is 0.825. The fraction of sp³-hybridized carbons (Fsp3) is 0.500. The zero-order chi connectivity index (χ0) is 13.7. The molecule has 0 saturated carbocycles. The number of hydrogen-bond acceptors (Lipinski definition) is 4. The minimum Gasteiger partial charge on any atom is -0.496 e. The second-order valence-corrected chi connectivity index (χ2v) is 4.87. The second kappa shape index (κ2) is 8.09. The van der Waals surface area contributed by atoms with E-state index in [-0.39, 0.29) is 24.4 Å². The van der Waals surface area contributed by atoms with Crippen molar-refractivity contribution in [2.75, 3.05) is 26.7 Å². The quantitative estimate of drug-likeness (QED) is 0.843. The highest BCUT2D eigenvalue weighted by Gasteiger charge is 2.20. The number of rotatable bonds is 5. The summed E-state index contributed by atoms with van der Waals surface area (Å²) in [6, 6.07) is 7.90. The topological polar surface area (TPSA) is 67.6 Å². The number of benzene rings is 1. The van der Waals surface area contributed by atoms with Crippen molar-refractivity contribution in [1.82, 2.24) is 10.2 Å². The Morgan fingerprint density at radius 3 is 2.90 bits per heavy atom. The largest absolute Gasteiger partial charge is 0.496 e. The number of halogens is 1. The van der Waals surface area contributed by atoms with Crippen LogP contribution in [-0.2, 0) is 11.3 Å². The number of nitrogens with zero attached hydrogens (tertiary/aromatic N) is 1. The van der Waals surface area contributed by atoms with Crippen molar-refractivity contribution in [1.29, 1.82) is 0 Å². The predicted molar refractivity (Wildman–Crippen MR) is 81.1 cm³/mol. The minimum atomic E-state index is 0. The Labute approximate surface area is 125 Å². The van der Waals surface area contributed by atoms with Crippen LogP contribution in [0.5, 0.6) is 5.75 Å². The van der Waals surface area contributed by atoms with E-state index in [2.05, 4.69) is 10.2 Å². The lowest BCUT2D eigenvalue weighted by Gasteiger charge is -2.15. The number of likely N-dealkylation sites (tertiary alicyclic amines) is 1. The van der Waals surface area contributed by atoms with Gasteiger partial charge in [-0.1, -0.05) is 18.2 Å². The number of hydrogen-bond donors (Lipinski definition) is 2. The third kappa shape index (κ3) is 4.67. The van der Waals surface area contributed by atoms with E-state index < -0.39 is 0 Å².